The number of carbonyl (C=O) groups is 3. The van der Waals surface area contributed by atoms with Crippen LogP contribution in [0.2, 0.25) is 0 Å². The highest BCUT2D eigenvalue weighted by atomic mass is 16.6. The predicted molar refractivity (Wildman–Crippen MR) is 121 cm³/mol. The van der Waals surface area contributed by atoms with E-state index in [1.54, 1.807) is 32.9 Å². The van der Waals surface area contributed by atoms with E-state index in [0.29, 0.717) is 5.56 Å². The van der Waals surface area contributed by atoms with Gasteiger partial charge in [0.2, 0.25) is 11.8 Å². The fraction of sp³-hybridized carbons (Fsp3) is 0.609. The number of carbonyl (C=O) groups excluding carboxylic acids is 3. The van der Waals surface area contributed by atoms with Crippen LogP contribution < -0.4 is 10.6 Å². The monoisotopic (exact) mass is 451 g/mol. The second-order valence-corrected chi connectivity index (χ2v) is 9.69. The van der Waals surface area contributed by atoms with E-state index in [0.717, 1.165) is 10.5 Å². The Morgan fingerprint density at radius 1 is 1.03 bits per heavy atom. The predicted octanol–water partition coefficient (Wildman–Crippen LogP) is 1.66. The van der Waals surface area contributed by atoms with Crippen molar-refractivity contribution in [1.29, 1.82) is 0 Å². The zero-order valence-electron chi connectivity index (χ0n) is 20.1. The van der Waals surface area contributed by atoms with Crippen LogP contribution >= 0.6 is 0 Å². The molecule has 9 heteroatoms. The van der Waals surface area contributed by atoms with E-state index < -0.39 is 54.3 Å². The van der Waals surface area contributed by atoms with E-state index in [4.69, 9.17) is 4.74 Å². The normalized spacial score (nSPS) is 13.7. The van der Waals surface area contributed by atoms with E-state index in [-0.39, 0.29) is 6.54 Å². The molecule has 0 fully saturated rings. The Hall–Kier alpha value is -2.65. The molecular weight excluding hydrogens is 414 g/mol. The van der Waals surface area contributed by atoms with Crippen molar-refractivity contribution < 1.29 is 29.3 Å². The summed E-state index contributed by atoms with van der Waals surface area (Å²) >= 11 is 0. The van der Waals surface area contributed by atoms with Gasteiger partial charge in [0.05, 0.1) is 13.2 Å². The smallest absolute Gasteiger partial charge is 0.408 e. The van der Waals surface area contributed by atoms with Gasteiger partial charge in [-0.25, -0.2) is 4.79 Å². The summed E-state index contributed by atoms with van der Waals surface area (Å²) in [5.41, 5.74) is 0.144. The summed E-state index contributed by atoms with van der Waals surface area (Å²) in [6.45, 7) is 11.1. The van der Waals surface area contributed by atoms with Gasteiger partial charge in [0.1, 0.15) is 17.7 Å². The lowest BCUT2D eigenvalue weighted by atomic mass is 10.00. The van der Waals surface area contributed by atoms with Crippen molar-refractivity contribution in [3.63, 3.8) is 0 Å². The van der Waals surface area contributed by atoms with Gasteiger partial charge in [-0.2, -0.15) is 0 Å². The molecule has 0 saturated heterocycles. The largest absolute Gasteiger partial charge is 0.444 e. The first kappa shape index (κ1) is 27.4. The van der Waals surface area contributed by atoms with Gasteiger partial charge in [0.15, 0.2) is 0 Å². The number of hydrogen-bond acceptors (Lipinski definition) is 6. The van der Waals surface area contributed by atoms with Gasteiger partial charge >= 0.3 is 6.09 Å². The number of nitrogens with zero attached hydrogens (tertiary/aromatic N) is 1. The summed E-state index contributed by atoms with van der Waals surface area (Å²) in [5, 5.41) is 24.6. The molecule has 0 aliphatic rings. The zero-order valence-corrected chi connectivity index (χ0v) is 20.1. The summed E-state index contributed by atoms with van der Waals surface area (Å²) in [6.07, 6.45) is -0.875. The van der Waals surface area contributed by atoms with Gasteiger partial charge < -0.3 is 30.5 Å². The Bertz CT molecular complexity index is 780. The van der Waals surface area contributed by atoms with Crippen molar-refractivity contribution in [2.45, 2.75) is 71.7 Å². The first-order valence-electron chi connectivity index (χ1n) is 10.6. The number of rotatable bonds is 8. The highest BCUT2D eigenvalue weighted by molar-refractivity contribution is 5.92. The third-order valence-electron chi connectivity index (χ3n) is 4.25. The van der Waals surface area contributed by atoms with E-state index in [1.165, 1.54) is 0 Å². The fourth-order valence-corrected chi connectivity index (χ4v) is 2.97. The molecule has 0 bridgehead atoms. The first-order valence-corrected chi connectivity index (χ1v) is 10.6. The molecule has 3 amide bonds. The number of nitrogens with one attached hydrogen (secondary N) is 2. The molecule has 0 spiro atoms. The molecule has 32 heavy (non-hydrogen) atoms. The van der Waals surface area contributed by atoms with Crippen molar-refractivity contribution in [3.8, 4) is 0 Å². The number of ether oxygens (including phenoxy) is 1. The van der Waals surface area contributed by atoms with E-state index in [9.17, 15) is 24.6 Å². The molecule has 0 aliphatic carbocycles. The minimum absolute atomic E-state index is 0.179. The van der Waals surface area contributed by atoms with E-state index in [1.807, 2.05) is 39.8 Å². The van der Waals surface area contributed by atoms with Gasteiger partial charge in [-0.3, -0.25) is 9.59 Å². The Morgan fingerprint density at radius 2 is 1.59 bits per heavy atom. The maximum absolute atomic E-state index is 13.3. The van der Waals surface area contributed by atoms with E-state index in [2.05, 4.69) is 10.6 Å². The van der Waals surface area contributed by atoms with Crippen molar-refractivity contribution >= 4 is 17.9 Å². The second kappa shape index (κ2) is 11.3. The molecule has 0 aromatic heterocycles. The highest BCUT2D eigenvalue weighted by Gasteiger charge is 2.36. The maximum atomic E-state index is 13.3. The molecule has 0 radical (unpaired) electrons. The van der Waals surface area contributed by atoms with Crippen LogP contribution in [0.5, 0.6) is 0 Å². The molecule has 180 valence electrons. The molecule has 2 unspecified atom stereocenters. The summed E-state index contributed by atoms with van der Waals surface area (Å²) < 4.78 is 5.17. The van der Waals surface area contributed by atoms with Gasteiger partial charge in [-0.05, 0) is 54.0 Å². The molecule has 1 rings (SSSR count). The van der Waals surface area contributed by atoms with Gasteiger partial charge in [0, 0.05) is 12.1 Å². The standard InChI is InChI=1S/C23H37N3O6/c1-15-8-10-16(11-9-15)18(19(29)25-22(2,3)4)26(12-13-27)20(30)17(14-28)24-21(31)32-23(5,6)7/h8-11,17-18,27-28H,12-14H2,1-7H3,(H,24,31)(H,25,29). The van der Waals surface area contributed by atoms with Crippen LogP contribution in [0.25, 0.3) is 0 Å². The lowest BCUT2D eigenvalue weighted by Crippen LogP contribution is -2.56. The van der Waals surface area contributed by atoms with Crippen molar-refractivity contribution in [1.82, 2.24) is 15.5 Å². The topological polar surface area (TPSA) is 128 Å². The zero-order chi connectivity index (χ0) is 24.7. The number of alkyl carbamates (subject to hydrolysis) is 1. The number of amides is 3. The van der Waals surface area contributed by atoms with Crippen molar-refractivity contribution in [3.05, 3.63) is 35.4 Å². The fourth-order valence-electron chi connectivity index (χ4n) is 2.97. The second-order valence-electron chi connectivity index (χ2n) is 9.69. The van der Waals surface area contributed by atoms with Crippen molar-refractivity contribution in [2.24, 2.45) is 0 Å². The summed E-state index contributed by atoms with van der Waals surface area (Å²) in [4.78, 5) is 39.9. The first-order chi connectivity index (χ1) is 14.7. The van der Waals surface area contributed by atoms with Crippen LogP contribution in [0, 0.1) is 6.92 Å². The highest BCUT2D eigenvalue weighted by Crippen LogP contribution is 2.24. The SMILES string of the molecule is Cc1ccc(C(C(=O)NC(C)(C)C)N(CCO)C(=O)C(CO)NC(=O)OC(C)(C)C)cc1. The molecule has 2 atom stereocenters. The Morgan fingerprint density at radius 3 is 2.03 bits per heavy atom. The molecule has 9 nitrogen and oxygen atoms in total. The Labute approximate surface area is 190 Å². The Balaban J connectivity index is 3.32. The Kier molecular flexibility index (Phi) is 9.66. The molecular formula is C23H37N3O6. The molecule has 0 aliphatic heterocycles. The number of aliphatic hydroxyl groups excluding tert-OH is 2. The number of hydrogen-bond donors (Lipinski definition) is 4. The molecule has 0 saturated carbocycles. The molecule has 0 heterocycles. The van der Waals surface area contributed by atoms with E-state index >= 15 is 0 Å². The number of aryl methyl sites for hydroxylation is 1. The lowest BCUT2D eigenvalue weighted by Gasteiger charge is -2.35. The average molecular weight is 452 g/mol. The van der Waals surface area contributed by atoms with Crippen LogP contribution in [-0.2, 0) is 14.3 Å². The van der Waals surface area contributed by atoms with Crippen LogP contribution in [-0.4, -0.2) is 70.0 Å². The quantitative estimate of drug-likeness (QED) is 0.476. The summed E-state index contributed by atoms with van der Waals surface area (Å²) in [7, 11) is 0. The third-order valence-corrected chi connectivity index (χ3v) is 4.25. The minimum Gasteiger partial charge on any atom is -0.444 e. The maximum Gasteiger partial charge on any atom is 0.408 e. The third kappa shape index (κ3) is 8.84. The molecule has 4 N–H and O–H groups in total. The summed E-state index contributed by atoms with van der Waals surface area (Å²) in [5.74, 6) is -1.17. The van der Waals surface area contributed by atoms with Crippen LogP contribution in [0.3, 0.4) is 0 Å². The van der Waals surface area contributed by atoms with Gasteiger partial charge in [-0.1, -0.05) is 29.8 Å². The minimum atomic E-state index is -1.35. The van der Waals surface area contributed by atoms with Crippen LogP contribution in [0.15, 0.2) is 24.3 Å². The molecule has 1 aromatic carbocycles. The van der Waals surface area contributed by atoms with Gasteiger partial charge in [-0.15, -0.1) is 0 Å². The van der Waals surface area contributed by atoms with Gasteiger partial charge in [0.25, 0.3) is 0 Å². The average Bonchev–Trinajstić information content (AvgIpc) is 2.63. The summed E-state index contributed by atoms with van der Waals surface area (Å²) in [6, 6.07) is 4.66. The molecule has 1 aromatic rings. The van der Waals surface area contributed by atoms with Crippen LogP contribution in [0.1, 0.15) is 58.7 Å². The number of benzene rings is 1. The van der Waals surface area contributed by atoms with Crippen LogP contribution in [0.4, 0.5) is 4.79 Å². The van der Waals surface area contributed by atoms with Crippen molar-refractivity contribution in [2.75, 3.05) is 19.8 Å². The lowest BCUT2D eigenvalue weighted by molar-refractivity contribution is -0.144. The number of aliphatic hydroxyl groups is 2.